The molecule has 4 nitrogen and oxygen atoms in total. The lowest BCUT2D eigenvalue weighted by Gasteiger charge is -2.05. The minimum Gasteiger partial charge on any atom is -0.298 e. The number of nitrogens with one attached hydrogen (secondary N) is 1. The summed E-state index contributed by atoms with van der Waals surface area (Å²) in [5.74, 6) is -0.183. The lowest BCUT2D eigenvalue weighted by molar-refractivity contribution is 0.102. The van der Waals surface area contributed by atoms with Gasteiger partial charge in [0.2, 0.25) is 0 Å². The van der Waals surface area contributed by atoms with Gasteiger partial charge in [-0.25, -0.2) is 4.98 Å². The van der Waals surface area contributed by atoms with Gasteiger partial charge in [-0.2, -0.15) is 0 Å². The molecule has 0 unspecified atom stereocenters. The van der Waals surface area contributed by atoms with Crippen LogP contribution in [0.25, 0.3) is 0 Å². The summed E-state index contributed by atoms with van der Waals surface area (Å²) in [6.45, 7) is 3.71. The van der Waals surface area contributed by atoms with Crippen LogP contribution in [0.4, 0.5) is 5.13 Å². The first kappa shape index (κ1) is 12.2. The third-order valence-electron chi connectivity index (χ3n) is 2.17. The lowest BCUT2D eigenvalue weighted by Crippen LogP contribution is -2.14. The van der Waals surface area contributed by atoms with Crippen molar-refractivity contribution in [1.82, 2.24) is 9.97 Å². The summed E-state index contributed by atoms with van der Waals surface area (Å²) in [5, 5.41) is 3.31. The molecule has 0 saturated heterocycles. The Labute approximate surface area is 111 Å². The van der Waals surface area contributed by atoms with Crippen LogP contribution in [0.2, 0.25) is 0 Å². The highest BCUT2D eigenvalue weighted by Gasteiger charge is 2.11. The van der Waals surface area contributed by atoms with E-state index in [-0.39, 0.29) is 5.91 Å². The van der Waals surface area contributed by atoms with E-state index in [0.29, 0.717) is 10.7 Å². The molecule has 0 aliphatic heterocycles. The fraction of sp³-hybridized carbons (Fsp3) is 0.182. The molecule has 2 rings (SSSR count). The summed E-state index contributed by atoms with van der Waals surface area (Å²) >= 11 is 4.67. The normalized spacial score (nSPS) is 10.3. The van der Waals surface area contributed by atoms with Crippen molar-refractivity contribution in [2.45, 2.75) is 13.8 Å². The Morgan fingerprint density at radius 3 is 2.76 bits per heavy atom. The summed E-state index contributed by atoms with van der Waals surface area (Å²) in [6, 6.07) is 3.59. The molecule has 1 amide bonds. The predicted molar refractivity (Wildman–Crippen MR) is 71.5 cm³/mol. The maximum Gasteiger partial charge on any atom is 0.259 e. The smallest absolute Gasteiger partial charge is 0.259 e. The number of aryl methyl sites for hydroxylation is 2. The molecule has 0 fully saturated rings. The molecular formula is C11H10BrN3OS. The minimum absolute atomic E-state index is 0.183. The SMILES string of the molecule is Cc1ccc(C(=O)Nc2ncc(Br)s2)c(C)n1. The second-order valence-electron chi connectivity index (χ2n) is 3.51. The average molecular weight is 312 g/mol. The number of hydrogen-bond acceptors (Lipinski definition) is 4. The van der Waals surface area contributed by atoms with Gasteiger partial charge in [0.1, 0.15) is 0 Å². The third kappa shape index (κ3) is 2.89. The van der Waals surface area contributed by atoms with Gasteiger partial charge in [0.25, 0.3) is 5.91 Å². The van der Waals surface area contributed by atoms with Crippen molar-refractivity contribution in [2.24, 2.45) is 0 Å². The molecule has 1 N–H and O–H groups in total. The molecule has 0 radical (unpaired) electrons. The number of nitrogens with zero attached hydrogens (tertiary/aromatic N) is 2. The van der Waals surface area contributed by atoms with Gasteiger partial charge in [0.15, 0.2) is 5.13 Å². The van der Waals surface area contributed by atoms with Crippen LogP contribution in [0.15, 0.2) is 22.1 Å². The Morgan fingerprint density at radius 2 is 2.18 bits per heavy atom. The number of amides is 1. The van der Waals surface area contributed by atoms with E-state index in [2.05, 4.69) is 31.2 Å². The molecule has 88 valence electrons. The molecule has 0 spiro atoms. The summed E-state index contributed by atoms with van der Waals surface area (Å²) in [7, 11) is 0. The lowest BCUT2D eigenvalue weighted by atomic mass is 10.2. The van der Waals surface area contributed by atoms with Crippen molar-refractivity contribution in [3.05, 3.63) is 39.1 Å². The van der Waals surface area contributed by atoms with Crippen LogP contribution in [0.1, 0.15) is 21.7 Å². The largest absolute Gasteiger partial charge is 0.298 e. The van der Waals surface area contributed by atoms with Gasteiger partial charge in [-0.1, -0.05) is 11.3 Å². The summed E-state index contributed by atoms with van der Waals surface area (Å²) in [6.07, 6.45) is 1.65. The number of hydrogen-bond donors (Lipinski definition) is 1. The van der Waals surface area contributed by atoms with E-state index in [1.54, 1.807) is 12.3 Å². The first-order chi connectivity index (χ1) is 8.06. The summed E-state index contributed by atoms with van der Waals surface area (Å²) in [5.41, 5.74) is 2.19. The van der Waals surface area contributed by atoms with E-state index in [0.717, 1.165) is 15.2 Å². The van der Waals surface area contributed by atoms with Crippen LogP contribution in [0.5, 0.6) is 0 Å². The van der Waals surface area contributed by atoms with Crippen molar-refractivity contribution in [2.75, 3.05) is 5.32 Å². The molecule has 2 heterocycles. The number of carbonyl (C=O) groups excluding carboxylic acids is 1. The van der Waals surface area contributed by atoms with E-state index in [1.807, 2.05) is 19.9 Å². The molecule has 0 saturated carbocycles. The minimum atomic E-state index is -0.183. The van der Waals surface area contributed by atoms with Gasteiger partial charge in [0.05, 0.1) is 21.2 Å². The van der Waals surface area contributed by atoms with Crippen molar-refractivity contribution in [1.29, 1.82) is 0 Å². The van der Waals surface area contributed by atoms with E-state index in [9.17, 15) is 4.79 Å². The van der Waals surface area contributed by atoms with Crippen LogP contribution in [-0.2, 0) is 0 Å². The van der Waals surface area contributed by atoms with Crippen LogP contribution in [0, 0.1) is 13.8 Å². The second-order valence-corrected chi connectivity index (χ2v) is 5.92. The number of halogens is 1. The first-order valence-corrected chi connectivity index (χ1v) is 6.54. The van der Waals surface area contributed by atoms with Crippen molar-refractivity contribution >= 4 is 38.3 Å². The Bertz CT molecular complexity index is 568. The van der Waals surface area contributed by atoms with Gasteiger partial charge in [0, 0.05) is 5.69 Å². The number of pyridine rings is 1. The predicted octanol–water partition coefficient (Wildman–Crippen LogP) is 3.17. The topological polar surface area (TPSA) is 54.9 Å². The van der Waals surface area contributed by atoms with Crippen LogP contribution in [-0.4, -0.2) is 15.9 Å². The van der Waals surface area contributed by atoms with Crippen LogP contribution >= 0.6 is 27.3 Å². The molecule has 0 atom stereocenters. The second kappa shape index (κ2) is 4.93. The third-order valence-corrected chi connectivity index (χ3v) is 3.56. The highest BCUT2D eigenvalue weighted by Crippen LogP contribution is 2.23. The van der Waals surface area contributed by atoms with Gasteiger partial charge in [-0.15, -0.1) is 0 Å². The van der Waals surface area contributed by atoms with E-state index >= 15 is 0 Å². The molecular weight excluding hydrogens is 302 g/mol. The Kier molecular flexibility index (Phi) is 3.54. The molecule has 0 bridgehead atoms. The molecule has 0 aliphatic rings. The molecule has 0 aliphatic carbocycles. The van der Waals surface area contributed by atoms with Crippen LogP contribution < -0.4 is 5.32 Å². The van der Waals surface area contributed by atoms with Crippen molar-refractivity contribution in [3.63, 3.8) is 0 Å². The standard InChI is InChI=1S/C11H10BrN3OS/c1-6-3-4-8(7(2)14-6)10(16)15-11-13-5-9(12)17-11/h3-5H,1-2H3,(H,13,15,16). The first-order valence-electron chi connectivity index (χ1n) is 4.93. The highest BCUT2D eigenvalue weighted by atomic mass is 79.9. The number of carbonyl (C=O) groups is 1. The van der Waals surface area contributed by atoms with Crippen molar-refractivity contribution in [3.8, 4) is 0 Å². The quantitative estimate of drug-likeness (QED) is 0.926. The Morgan fingerprint density at radius 1 is 1.41 bits per heavy atom. The van der Waals surface area contributed by atoms with Gasteiger partial charge in [-0.3, -0.25) is 15.1 Å². The van der Waals surface area contributed by atoms with E-state index < -0.39 is 0 Å². The molecule has 2 aromatic rings. The zero-order valence-corrected chi connectivity index (χ0v) is 11.7. The van der Waals surface area contributed by atoms with Crippen molar-refractivity contribution < 1.29 is 4.79 Å². The zero-order chi connectivity index (χ0) is 12.4. The fourth-order valence-corrected chi connectivity index (χ4v) is 2.50. The maximum absolute atomic E-state index is 12.0. The average Bonchev–Trinajstić information content (AvgIpc) is 2.63. The van der Waals surface area contributed by atoms with E-state index in [4.69, 9.17) is 0 Å². The number of rotatable bonds is 2. The maximum atomic E-state index is 12.0. The highest BCUT2D eigenvalue weighted by molar-refractivity contribution is 9.11. The Balaban J connectivity index is 2.20. The number of anilines is 1. The number of thiazole rings is 1. The summed E-state index contributed by atoms with van der Waals surface area (Å²) in [4.78, 5) is 20.3. The fourth-order valence-electron chi connectivity index (χ4n) is 1.40. The molecule has 17 heavy (non-hydrogen) atoms. The molecule has 2 aromatic heterocycles. The van der Waals surface area contributed by atoms with Gasteiger partial charge >= 0.3 is 0 Å². The van der Waals surface area contributed by atoms with Gasteiger partial charge < -0.3 is 0 Å². The van der Waals surface area contributed by atoms with E-state index in [1.165, 1.54) is 11.3 Å². The zero-order valence-electron chi connectivity index (χ0n) is 9.32. The molecule has 0 aromatic carbocycles. The van der Waals surface area contributed by atoms with Crippen LogP contribution in [0.3, 0.4) is 0 Å². The summed E-state index contributed by atoms with van der Waals surface area (Å²) < 4.78 is 0.881. The van der Waals surface area contributed by atoms with Gasteiger partial charge in [-0.05, 0) is 41.9 Å². The monoisotopic (exact) mass is 311 g/mol. The molecule has 6 heteroatoms. The Hall–Kier alpha value is -1.27. The number of aromatic nitrogens is 2.